The van der Waals surface area contributed by atoms with Crippen LogP contribution in [-0.4, -0.2) is 67.2 Å². The van der Waals surface area contributed by atoms with Crippen LogP contribution in [0.5, 0.6) is 0 Å². The van der Waals surface area contributed by atoms with Crippen molar-refractivity contribution in [2.24, 2.45) is 23.0 Å². The maximum absolute atomic E-state index is 13.9. The highest BCUT2D eigenvalue weighted by atomic mass is 19.4. The van der Waals surface area contributed by atoms with Crippen LogP contribution in [0.15, 0.2) is 42.5 Å². The molecular formula is C34H41F7N4O4. The van der Waals surface area contributed by atoms with Crippen LogP contribution in [0.25, 0.3) is 0 Å². The number of alkyl halides is 6. The predicted molar refractivity (Wildman–Crippen MR) is 167 cm³/mol. The van der Waals surface area contributed by atoms with Gasteiger partial charge in [0.1, 0.15) is 11.9 Å². The number of primary amides is 1. The molecule has 0 aromatic heterocycles. The number of urea groups is 1. The van der Waals surface area contributed by atoms with Gasteiger partial charge in [0.2, 0.25) is 5.91 Å². The lowest BCUT2D eigenvalue weighted by molar-refractivity contribution is -0.143. The van der Waals surface area contributed by atoms with Crippen molar-refractivity contribution in [3.8, 4) is 0 Å². The second-order valence-corrected chi connectivity index (χ2v) is 14.0. The van der Waals surface area contributed by atoms with Gasteiger partial charge >= 0.3 is 24.5 Å². The first-order valence-electron chi connectivity index (χ1n) is 15.9. The molecule has 1 aliphatic heterocycles. The Labute approximate surface area is 280 Å². The third-order valence-corrected chi connectivity index (χ3v) is 9.59. The van der Waals surface area contributed by atoms with Gasteiger partial charge < -0.3 is 20.3 Å². The van der Waals surface area contributed by atoms with Crippen LogP contribution in [0.4, 0.5) is 46.0 Å². The minimum Gasteiger partial charge on any atom is -0.446 e. The second kappa shape index (κ2) is 14.1. The lowest BCUT2D eigenvalue weighted by Gasteiger charge is -2.39. The van der Waals surface area contributed by atoms with Crippen molar-refractivity contribution in [2.45, 2.75) is 76.9 Å². The number of hydrogen-bond donors (Lipinski definition) is 1. The van der Waals surface area contributed by atoms with E-state index in [9.17, 15) is 45.1 Å². The molecule has 3 atom stereocenters. The quantitative estimate of drug-likeness (QED) is 0.313. The highest BCUT2D eigenvalue weighted by molar-refractivity contribution is 5.92. The molecule has 0 radical (unpaired) electrons. The largest absolute Gasteiger partial charge is 0.446 e. The Hall–Kier alpha value is -4.04. The van der Waals surface area contributed by atoms with Crippen molar-refractivity contribution in [2.75, 3.05) is 32.1 Å². The van der Waals surface area contributed by atoms with Gasteiger partial charge in [0.05, 0.1) is 17.2 Å². The van der Waals surface area contributed by atoms with E-state index in [0.29, 0.717) is 48.3 Å². The van der Waals surface area contributed by atoms with Gasteiger partial charge in [-0.2, -0.15) is 26.3 Å². The number of carbonyl (C=O) groups is 3. The molecule has 1 unspecified atom stereocenters. The van der Waals surface area contributed by atoms with Crippen LogP contribution in [0.1, 0.15) is 69.1 Å². The summed E-state index contributed by atoms with van der Waals surface area (Å²) in [6.45, 7) is 6.00. The normalized spacial score (nSPS) is 22.4. The summed E-state index contributed by atoms with van der Waals surface area (Å²) < 4.78 is 101. The van der Waals surface area contributed by atoms with Gasteiger partial charge in [0.15, 0.2) is 0 Å². The first-order valence-corrected chi connectivity index (χ1v) is 15.9. The van der Waals surface area contributed by atoms with Gasteiger partial charge in [-0.05, 0) is 72.9 Å². The number of anilines is 1. The topological polar surface area (TPSA) is 96.2 Å². The Morgan fingerprint density at radius 1 is 0.857 bits per heavy atom. The van der Waals surface area contributed by atoms with Gasteiger partial charge in [0.25, 0.3) is 0 Å². The van der Waals surface area contributed by atoms with E-state index in [1.807, 2.05) is 20.8 Å². The van der Waals surface area contributed by atoms with Gasteiger partial charge in [0, 0.05) is 44.7 Å². The van der Waals surface area contributed by atoms with Crippen LogP contribution in [0, 0.1) is 23.1 Å². The molecule has 2 aromatic rings. The van der Waals surface area contributed by atoms with Crippen molar-refractivity contribution >= 4 is 23.7 Å². The molecule has 2 N–H and O–H groups in total. The minimum atomic E-state index is -5.10. The lowest BCUT2D eigenvalue weighted by Crippen LogP contribution is -2.48. The summed E-state index contributed by atoms with van der Waals surface area (Å²) in [5.74, 6) is -1.59. The van der Waals surface area contributed by atoms with Crippen molar-refractivity contribution < 1.29 is 49.9 Å². The Balaban J connectivity index is 1.56. The summed E-state index contributed by atoms with van der Waals surface area (Å²) in [4.78, 5) is 42.6. The number of nitrogens with zero attached hydrogens (tertiary/aromatic N) is 3. The maximum atomic E-state index is 13.9. The molecule has 1 saturated heterocycles. The van der Waals surface area contributed by atoms with E-state index in [0.717, 1.165) is 7.05 Å². The van der Waals surface area contributed by atoms with E-state index in [-0.39, 0.29) is 42.3 Å². The number of likely N-dealkylation sites (tertiary alicyclic amines) is 1. The minimum absolute atomic E-state index is 0.0113. The fourth-order valence-electron chi connectivity index (χ4n) is 7.05. The summed E-state index contributed by atoms with van der Waals surface area (Å²) in [6, 6.07) is 4.77. The van der Waals surface area contributed by atoms with Crippen molar-refractivity contribution in [3.05, 3.63) is 65.0 Å². The van der Waals surface area contributed by atoms with Gasteiger partial charge in [-0.1, -0.05) is 32.9 Å². The molecule has 1 aliphatic carbocycles. The first-order chi connectivity index (χ1) is 22.6. The molecule has 270 valence electrons. The van der Waals surface area contributed by atoms with E-state index < -0.39 is 65.2 Å². The van der Waals surface area contributed by atoms with E-state index in [4.69, 9.17) is 10.5 Å². The molecule has 2 aliphatic rings. The van der Waals surface area contributed by atoms with Gasteiger partial charge in [-0.3, -0.25) is 9.69 Å². The Morgan fingerprint density at radius 2 is 1.39 bits per heavy atom. The van der Waals surface area contributed by atoms with Crippen LogP contribution in [-0.2, 0) is 21.9 Å². The number of amides is 4. The molecule has 2 fully saturated rings. The number of hydrogen-bond acceptors (Lipinski definition) is 4. The Kier molecular flexibility index (Phi) is 10.8. The molecule has 1 saturated carbocycles. The fourth-order valence-corrected chi connectivity index (χ4v) is 7.05. The predicted octanol–water partition coefficient (Wildman–Crippen LogP) is 7.66. The molecule has 1 heterocycles. The molecule has 15 heteroatoms. The lowest BCUT2D eigenvalue weighted by atomic mass is 9.72. The van der Waals surface area contributed by atoms with E-state index in [1.165, 1.54) is 36.2 Å². The third kappa shape index (κ3) is 8.77. The molecule has 0 bridgehead atoms. The SMILES string of the molecule is CN(C(=O)N(C)[C@@H]1CN(C(=O)C2CCC(C(OC(N)=O)C(C)(C)C)CC2)C[C@H]1c1ccc(F)cc1)c1cc(C(F)(F)F)cc(C(F)(F)F)c1. The van der Waals surface area contributed by atoms with Crippen molar-refractivity contribution in [3.63, 3.8) is 0 Å². The smallest absolute Gasteiger partial charge is 0.416 e. The summed E-state index contributed by atoms with van der Waals surface area (Å²) in [5.41, 5.74) is 1.79. The maximum Gasteiger partial charge on any atom is 0.416 e. The van der Waals surface area contributed by atoms with Crippen molar-refractivity contribution in [1.82, 2.24) is 9.80 Å². The molecule has 2 aromatic carbocycles. The molecular weight excluding hydrogens is 661 g/mol. The monoisotopic (exact) mass is 702 g/mol. The van der Waals surface area contributed by atoms with E-state index in [2.05, 4.69) is 0 Å². The van der Waals surface area contributed by atoms with Crippen LogP contribution >= 0.6 is 0 Å². The summed E-state index contributed by atoms with van der Waals surface area (Å²) in [7, 11) is 2.44. The number of rotatable bonds is 6. The number of benzene rings is 2. The standard InChI is InChI=1S/C34H41F7N4O4/c1-32(2,3)28(49-30(42)47)20-6-8-21(9-7-20)29(46)45-17-26(19-10-12-24(35)13-11-19)27(18-45)44(5)31(48)43(4)25-15-22(33(36,37)38)14-23(16-25)34(39,40)41/h10-16,20-21,26-28H,6-9,17-18H2,1-5H3,(H2,42,47)/t20?,21?,26-,27+,28?/m0/s1. The first kappa shape index (κ1) is 37.8. The summed E-state index contributed by atoms with van der Waals surface area (Å²) >= 11 is 0. The van der Waals surface area contributed by atoms with Gasteiger partial charge in [-0.25, -0.2) is 14.0 Å². The highest BCUT2D eigenvalue weighted by Crippen LogP contribution is 2.42. The van der Waals surface area contributed by atoms with Crippen LogP contribution in [0.2, 0.25) is 0 Å². The zero-order valence-corrected chi connectivity index (χ0v) is 27.9. The molecule has 0 spiro atoms. The summed E-state index contributed by atoms with van der Waals surface area (Å²) in [6.07, 6.45) is -9.30. The van der Waals surface area contributed by atoms with Crippen LogP contribution < -0.4 is 10.6 Å². The molecule has 4 amide bonds. The van der Waals surface area contributed by atoms with E-state index >= 15 is 0 Å². The molecule has 8 nitrogen and oxygen atoms in total. The summed E-state index contributed by atoms with van der Waals surface area (Å²) in [5, 5.41) is 0. The van der Waals surface area contributed by atoms with E-state index in [1.54, 1.807) is 4.90 Å². The highest BCUT2D eigenvalue weighted by Gasteiger charge is 2.45. The Morgan fingerprint density at radius 3 is 1.86 bits per heavy atom. The Bertz CT molecular complexity index is 1480. The number of halogens is 7. The van der Waals surface area contributed by atoms with Gasteiger partial charge in [-0.15, -0.1) is 0 Å². The average Bonchev–Trinajstić information content (AvgIpc) is 3.46. The third-order valence-electron chi connectivity index (χ3n) is 9.59. The second-order valence-electron chi connectivity index (χ2n) is 14.0. The number of nitrogens with two attached hydrogens (primary N) is 1. The number of ether oxygens (including phenoxy) is 1. The molecule has 49 heavy (non-hydrogen) atoms. The fraction of sp³-hybridized carbons (Fsp3) is 0.559. The molecule has 4 rings (SSSR count). The zero-order chi connectivity index (χ0) is 36.6. The zero-order valence-electron chi connectivity index (χ0n) is 27.9. The van der Waals surface area contributed by atoms with Crippen LogP contribution in [0.3, 0.4) is 0 Å². The average molecular weight is 703 g/mol. The number of carbonyl (C=O) groups excluding carboxylic acids is 3. The number of likely N-dealkylation sites (N-methyl/N-ethyl adjacent to an activating group) is 1. The van der Waals surface area contributed by atoms with Crippen molar-refractivity contribution in [1.29, 1.82) is 0 Å².